The monoisotopic (exact) mass is 320 g/mol. The van der Waals surface area contributed by atoms with Crippen LogP contribution < -0.4 is 0 Å². The maximum Gasteiger partial charge on any atom is 0.337 e. The number of ether oxygens (including phenoxy) is 4. The third-order valence-electron chi connectivity index (χ3n) is 2.65. The second-order valence-corrected chi connectivity index (χ2v) is 6.42. The van der Waals surface area contributed by atoms with Gasteiger partial charge in [-0.1, -0.05) is 0 Å². The quantitative estimate of drug-likeness (QED) is 0.586. The SMILES string of the molecule is CC(O)COCC(C)OC(C)(C)C(=O)OCC(C)OC(C)C. The first-order valence-corrected chi connectivity index (χ1v) is 7.81. The molecule has 22 heavy (non-hydrogen) atoms. The Bertz CT molecular complexity index is 314. The minimum Gasteiger partial charge on any atom is -0.461 e. The van der Waals surface area contributed by atoms with Crippen molar-refractivity contribution < 1.29 is 28.8 Å². The first kappa shape index (κ1) is 21.3. The average molecular weight is 320 g/mol. The van der Waals surface area contributed by atoms with Crippen molar-refractivity contribution in [1.29, 1.82) is 0 Å². The van der Waals surface area contributed by atoms with Gasteiger partial charge >= 0.3 is 5.97 Å². The second-order valence-electron chi connectivity index (χ2n) is 6.42. The third-order valence-corrected chi connectivity index (χ3v) is 2.65. The topological polar surface area (TPSA) is 74.2 Å². The van der Waals surface area contributed by atoms with Gasteiger partial charge in [0.15, 0.2) is 5.60 Å². The zero-order chi connectivity index (χ0) is 17.3. The molecule has 0 aliphatic rings. The van der Waals surface area contributed by atoms with Crippen LogP contribution in [0.15, 0.2) is 0 Å². The molecule has 132 valence electrons. The highest BCUT2D eigenvalue weighted by atomic mass is 16.6. The van der Waals surface area contributed by atoms with E-state index in [-0.39, 0.29) is 31.5 Å². The molecule has 3 unspecified atom stereocenters. The molecule has 0 aliphatic carbocycles. The largest absolute Gasteiger partial charge is 0.461 e. The first-order valence-electron chi connectivity index (χ1n) is 7.81. The first-order chi connectivity index (χ1) is 10.0. The Balaban J connectivity index is 4.15. The summed E-state index contributed by atoms with van der Waals surface area (Å²) in [6, 6.07) is 0. The summed E-state index contributed by atoms with van der Waals surface area (Å²) in [6.07, 6.45) is -0.881. The van der Waals surface area contributed by atoms with Crippen LogP contribution in [0.4, 0.5) is 0 Å². The fourth-order valence-corrected chi connectivity index (χ4v) is 1.86. The summed E-state index contributed by atoms with van der Waals surface area (Å²) in [7, 11) is 0. The lowest BCUT2D eigenvalue weighted by molar-refractivity contribution is -0.181. The van der Waals surface area contributed by atoms with Gasteiger partial charge in [0.05, 0.1) is 37.6 Å². The molecule has 0 spiro atoms. The lowest BCUT2D eigenvalue weighted by Crippen LogP contribution is -2.41. The van der Waals surface area contributed by atoms with E-state index in [2.05, 4.69) is 0 Å². The zero-order valence-electron chi connectivity index (χ0n) is 14.9. The van der Waals surface area contributed by atoms with Gasteiger partial charge in [0, 0.05) is 0 Å². The van der Waals surface area contributed by atoms with Gasteiger partial charge in [-0.25, -0.2) is 4.79 Å². The molecule has 0 bridgehead atoms. The lowest BCUT2D eigenvalue weighted by atomic mass is 10.1. The van der Waals surface area contributed by atoms with Gasteiger partial charge < -0.3 is 24.1 Å². The number of hydrogen-bond donors (Lipinski definition) is 1. The minimum atomic E-state index is -1.06. The van der Waals surface area contributed by atoms with Crippen molar-refractivity contribution >= 4 is 5.97 Å². The van der Waals surface area contributed by atoms with Crippen molar-refractivity contribution in [3.8, 4) is 0 Å². The zero-order valence-corrected chi connectivity index (χ0v) is 14.9. The predicted molar refractivity (Wildman–Crippen MR) is 83.8 cm³/mol. The van der Waals surface area contributed by atoms with E-state index in [9.17, 15) is 4.79 Å². The predicted octanol–water partition coefficient (Wildman–Crippen LogP) is 1.92. The van der Waals surface area contributed by atoms with Crippen LogP contribution in [0.3, 0.4) is 0 Å². The van der Waals surface area contributed by atoms with Gasteiger partial charge in [-0.15, -0.1) is 0 Å². The molecular weight excluding hydrogens is 288 g/mol. The molecule has 6 heteroatoms. The summed E-state index contributed by atoms with van der Waals surface area (Å²) >= 11 is 0. The number of hydrogen-bond acceptors (Lipinski definition) is 6. The maximum absolute atomic E-state index is 12.1. The van der Waals surface area contributed by atoms with E-state index in [1.54, 1.807) is 20.8 Å². The standard InChI is InChI=1S/C16H32O6/c1-11(2)21-13(4)10-20-15(18)16(6,7)22-14(5)9-19-8-12(3)17/h11-14,17H,8-10H2,1-7H3. The Hall–Kier alpha value is -0.690. The van der Waals surface area contributed by atoms with Crippen molar-refractivity contribution in [1.82, 2.24) is 0 Å². The molecule has 0 amide bonds. The molecule has 0 aromatic heterocycles. The molecule has 6 nitrogen and oxygen atoms in total. The number of esters is 1. The second kappa shape index (κ2) is 10.2. The summed E-state index contributed by atoms with van der Waals surface area (Å²) in [5, 5.41) is 9.12. The highest BCUT2D eigenvalue weighted by molar-refractivity contribution is 5.78. The average Bonchev–Trinajstić information content (AvgIpc) is 2.33. The van der Waals surface area contributed by atoms with E-state index in [0.717, 1.165) is 0 Å². The molecule has 0 saturated heterocycles. The van der Waals surface area contributed by atoms with Crippen molar-refractivity contribution in [3.05, 3.63) is 0 Å². The van der Waals surface area contributed by atoms with Crippen LogP contribution in [-0.4, -0.2) is 60.9 Å². The summed E-state index contributed by atoms with van der Waals surface area (Å²) in [6.45, 7) is 13.2. The summed E-state index contributed by atoms with van der Waals surface area (Å²) in [5.41, 5.74) is -1.06. The molecule has 0 aromatic carbocycles. The molecule has 0 heterocycles. The van der Waals surface area contributed by atoms with Crippen molar-refractivity contribution in [3.63, 3.8) is 0 Å². The molecule has 0 aromatic rings. The van der Waals surface area contributed by atoms with Crippen LogP contribution in [0.1, 0.15) is 48.5 Å². The van der Waals surface area contributed by atoms with E-state index >= 15 is 0 Å². The van der Waals surface area contributed by atoms with Gasteiger partial charge in [-0.3, -0.25) is 0 Å². The number of rotatable bonds is 11. The Labute approximate surface area is 134 Å². The molecule has 3 atom stereocenters. The molecule has 0 fully saturated rings. The molecule has 1 N–H and O–H groups in total. The smallest absolute Gasteiger partial charge is 0.337 e. The molecular formula is C16H32O6. The van der Waals surface area contributed by atoms with Gasteiger partial charge in [0.1, 0.15) is 6.61 Å². The van der Waals surface area contributed by atoms with Gasteiger partial charge in [0.25, 0.3) is 0 Å². The Morgan fingerprint density at radius 1 is 1.00 bits per heavy atom. The summed E-state index contributed by atoms with van der Waals surface area (Å²) in [5.74, 6) is -0.436. The van der Waals surface area contributed by atoms with Crippen molar-refractivity contribution in [2.45, 2.75) is 78.5 Å². The Kier molecular flexibility index (Phi) is 9.84. The number of carbonyl (C=O) groups excluding carboxylic acids is 1. The van der Waals surface area contributed by atoms with Crippen LogP contribution in [0.25, 0.3) is 0 Å². The van der Waals surface area contributed by atoms with Crippen LogP contribution >= 0.6 is 0 Å². The van der Waals surface area contributed by atoms with Gasteiger partial charge in [-0.05, 0) is 48.5 Å². The third kappa shape index (κ3) is 10.1. The summed E-state index contributed by atoms with van der Waals surface area (Å²) in [4.78, 5) is 12.1. The van der Waals surface area contributed by atoms with Crippen LogP contribution in [0.5, 0.6) is 0 Å². The van der Waals surface area contributed by atoms with Crippen molar-refractivity contribution in [2.24, 2.45) is 0 Å². The molecule has 0 aliphatic heterocycles. The van der Waals surface area contributed by atoms with Crippen LogP contribution in [-0.2, 0) is 23.7 Å². The van der Waals surface area contributed by atoms with Crippen LogP contribution in [0, 0.1) is 0 Å². The van der Waals surface area contributed by atoms with E-state index in [1.165, 1.54) is 0 Å². The number of carbonyl (C=O) groups is 1. The van der Waals surface area contributed by atoms with E-state index in [0.29, 0.717) is 6.61 Å². The van der Waals surface area contributed by atoms with Crippen molar-refractivity contribution in [2.75, 3.05) is 19.8 Å². The number of aliphatic hydroxyl groups is 1. The highest BCUT2D eigenvalue weighted by Crippen LogP contribution is 2.15. The Morgan fingerprint density at radius 2 is 1.59 bits per heavy atom. The van der Waals surface area contributed by atoms with Gasteiger partial charge in [0.2, 0.25) is 0 Å². The van der Waals surface area contributed by atoms with E-state index < -0.39 is 17.7 Å². The highest BCUT2D eigenvalue weighted by Gasteiger charge is 2.32. The normalized spacial score (nSPS) is 16.4. The lowest BCUT2D eigenvalue weighted by Gasteiger charge is -2.28. The van der Waals surface area contributed by atoms with Gasteiger partial charge in [-0.2, -0.15) is 0 Å². The Morgan fingerprint density at radius 3 is 2.09 bits per heavy atom. The maximum atomic E-state index is 12.1. The minimum absolute atomic E-state index is 0.0871. The van der Waals surface area contributed by atoms with Crippen LogP contribution in [0.2, 0.25) is 0 Å². The summed E-state index contributed by atoms with van der Waals surface area (Å²) < 4.78 is 21.7. The number of aliphatic hydroxyl groups excluding tert-OH is 1. The molecule has 0 saturated carbocycles. The van der Waals surface area contributed by atoms with E-state index in [1.807, 2.05) is 27.7 Å². The molecule has 0 rings (SSSR count). The fourth-order valence-electron chi connectivity index (χ4n) is 1.86. The molecule has 0 radical (unpaired) electrons. The fraction of sp³-hybridized carbons (Fsp3) is 0.938. The van der Waals surface area contributed by atoms with E-state index in [4.69, 9.17) is 24.1 Å².